The highest BCUT2D eigenvalue weighted by atomic mass is 16.2. The third-order valence-electron chi connectivity index (χ3n) is 1.26. The van der Waals surface area contributed by atoms with Gasteiger partial charge in [0.05, 0.1) is 6.54 Å². The molecule has 0 heterocycles. The maximum absolute atomic E-state index is 10.7. The summed E-state index contributed by atoms with van der Waals surface area (Å²) in [6.45, 7) is 0.0958. The first kappa shape index (κ1) is 7.05. The van der Waals surface area contributed by atoms with Crippen LogP contribution in [0.15, 0.2) is 0 Å². The molecule has 0 bridgehead atoms. The van der Waals surface area contributed by atoms with Crippen LogP contribution in [-0.2, 0) is 4.79 Å². The Morgan fingerprint density at radius 1 is 1.60 bits per heavy atom. The molecule has 1 aliphatic carbocycles. The Balaban J connectivity index is 2.02. The lowest BCUT2D eigenvalue weighted by atomic mass is 10.6. The molecule has 0 unspecified atom stereocenters. The lowest BCUT2D eigenvalue weighted by molar-refractivity contribution is -0.107. The van der Waals surface area contributed by atoms with Crippen LogP contribution in [0.3, 0.4) is 0 Å². The second-order valence-corrected chi connectivity index (χ2v) is 2.30. The van der Waals surface area contributed by atoms with E-state index in [1.54, 1.807) is 0 Å². The summed E-state index contributed by atoms with van der Waals surface area (Å²) in [6.07, 6.45) is 2.79. The van der Waals surface area contributed by atoms with Gasteiger partial charge in [-0.2, -0.15) is 0 Å². The van der Waals surface area contributed by atoms with Crippen LogP contribution in [0.2, 0.25) is 0 Å². The van der Waals surface area contributed by atoms with E-state index in [0.29, 0.717) is 12.3 Å². The number of urea groups is 1. The van der Waals surface area contributed by atoms with E-state index in [1.807, 2.05) is 0 Å². The molecule has 2 amide bonds. The van der Waals surface area contributed by atoms with Crippen LogP contribution in [0, 0.1) is 0 Å². The summed E-state index contributed by atoms with van der Waals surface area (Å²) in [7, 11) is 0. The zero-order valence-electron chi connectivity index (χ0n) is 5.59. The van der Waals surface area contributed by atoms with Gasteiger partial charge in [0.15, 0.2) is 0 Å². The molecule has 0 saturated heterocycles. The van der Waals surface area contributed by atoms with Gasteiger partial charge in [-0.25, -0.2) is 4.79 Å². The molecule has 2 N–H and O–H groups in total. The van der Waals surface area contributed by atoms with Crippen molar-refractivity contribution in [3.8, 4) is 0 Å². The van der Waals surface area contributed by atoms with Gasteiger partial charge >= 0.3 is 6.03 Å². The SMILES string of the molecule is O=CCNC(=O)NC1CC1. The molecule has 10 heavy (non-hydrogen) atoms. The van der Waals surface area contributed by atoms with E-state index in [1.165, 1.54) is 0 Å². The number of hydrogen-bond donors (Lipinski definition) is 2. The number of amides is 2. The van der Waals surface area contributed by atoms with Crippen LogP contribution in [0.25, 0.3) is 0 Å². The van der Waals surface area contributed by atoms with Gasteiger partial charge in [-0.05, 0) is 12.8 Å². The molecule has 4 heteroatoms. The summed E-state index contributed by atoms with van der Waals surface area (Å²) in [4.78, 5) is 20.4. The van der Waals surface area contributed by atoms with E-state index in [2.05, 4.69) is 10.6 Å². The van der Waals surface area contributed by atoms with E-state index >= 15 is 0 Å². The van der Waals surface area contributed by atoms with Gasteiger partial charge in [-0.3, -0.25) is 0 Å². The van der Waals surface area contributed by atoms with Crippen molar-refractivity contribution >= 4 is 12.3 Å². The van der Waals surface area contributed by atoms with Crippen molar-refractivity contribution in [2.24, 2.45) is 0 Å². The van der Waals surface area contributed by atoms with Gasteiger partial charge in [0.1, 0.15) is 6.29 Å². The fourth-order valence-corrected chi connectivity index (χ4v) is 0.598. The molecule has 0 aromatic carbocycles. The van der Waals surface area contributed by atoms with Crippen molar-refractivity contribution in [3.63, 3.8) is 0 Å². The minimum absolute atomic E-state index is 0.0958. The smallest absolute Gasteiger partial charge is 0.315 e. The average Bonchev–Trinajstić information content (AvgIpc) is 2.67. The highest BCUT2D eigenvalue weighted by Crippen LogP contribution is 2.17. The molecule has 1 aliphatic rings. The number of hydrogen-bond acceptors (Lipinski definition) is 2. The standard InChI is InChI=1S/C6H10N2O2/c9-4-3-7-6(10)8-5-1-2-5/h4-5H,1-3H2,(H2,7,8,10). The Morgan fingerprint density at radius 2 is 2.30 bits per heavy atom. The summed E-state index contributed by atoms with van der Waals surface area (Å²) >= 11 is 0. The molecule has 1 rings (SSSR count). The van der Waals surface area contributed by atoms with Crippen LogP contribution in [0.5, 0.6) is 0 Å². The number of nitrogens with one attached hydrogen (secondary N) is 2. The van der Waals surface area contributed by atoms with Crippen molar-refractivity contribution in [1.82, 2.24) is 10.6 Å². The number of carbonyl (C=O) groups is 2. The Labute approximate surface area is 59.0 Å². The Morgan fingerprint density at radius 3 is 2.80 bits per heavy atom. The van der Waals surface area contributed by atoms with Gasteiger partial charge in [0, 0.05) is 6.04 Å². The molecule has 0 aliphatic heterocycles. The van der Waals surface area contributed by atoms with Gasteiger partial charge in [0.2, 0.25) is 0 Å². The fourth-order valence-electron chi connectivity index (χ4n) is 0.598. The third-order valence-corrected chi connectivity index (χ3v) is 1.26. The van der Waals surface area contributed by atoms with Crippen LogP contribution in [-0.4, -0.2) is 24.9 Å². The van der Waals surface area contributed by atoms with Crippen LogP contribution in [0.1, 0.15) is 12.8 Å². The topological polar surface area (TPSA) is 58.2 Å². The zero-order chi connectivity index (χ0) is 7.40. The van der Waals surface area contributed by atoms with E-state index < -0.39 is 0 Å². The summed E-state index contributed by atoms with van der Waals surface area (Å²) in [5.74, 6) is 0. The van der Waals surface area contributed by atoms with Gasteiger partial charge in [-0.1, -0.05) is 0 Å². The lowest BCUT2D eigenvalue weighted by Crippen LogP contribution is -2.37. The Hall–Kier alpha value is -1.06. The molecule has 0 atom stereocenters. The summed E-state index contributed by atoms with van der Waals surface area (Å²) in [6, 6.07) is 0.112. The summed E-state index contributed by atoms with van der Waals surface area (Å²) in [5.41, 5.74) is 0. The van der Waals surface area contributed by atoms with Crippen LogP contribution in [0.4, 0.5) is 4.79 Å². The zero-order valence-corrected chi connectivity index (χ0v) is 5.59. The predicted molar refractivity (Wildman–Crippen MR) is 35.6 cm³/mol. The van der Waals surface area contributed by atoms with Crippen molar-refractivity contribution in [3.05, 3.63) is 0 Å². The highest BCUT2D eigenvalue weighted by molar-refractivity contribution is 5.76. The molecule has 0 spiro atoms. The monoisotopic (exact) mass is 142 g/mol. The quantitative estimate of drug-likeness (QED) is 0.529. The van der Waals surface area contributed by atoms with Gasteiger partial charge < -0.3 is 15.4 Å². The van der Waals surface area contributed by atoms with Crippen molar-refractivity contribution < 1.29 is 9.59 Å². The maximum Gasteiger partial charge on any atom is 0.315 e. The maximum atomic E-state index is 10.7. The number of carbonyl (C=O) groups excluding carboxylic acids is 2. The molecular formula is C6H10N2O2. The fraction of sp³-hybridized carbons (Fsp3) is 0.667. The first-order valence-electron chi connectivity index (χ1n) is 3.31. The lowest BCUT2D eigenvalue weighted by Gasteiger charge is -2.01. The van der Waals surface area contributed by atoms with E-state index in [0.717, 1.165) is 12.8 Å². The first-order valence-corrected chi connectivity index (χ1v) is 3.31. The summed E-state index contributed by atoms with van der Waals surface area (Å²) in [5, 5.41) is 5.07. The largest absolute Gasteiger partial charge is 0.335 e. The van der Waals surface area contributed by atoms with E-state index in [9.17, 15) is 9.59 Å². The van der Waals surface area contributed by atoms with Crippen molar-refractivity contribution in [2.75, 3.05) is 6.54 Å². The second kappa shape index (κ2) is 3.20. The molecule has 0 radical (unpaired) electrons. The van der Waals surface area contributed by atoms with Crippen molar-refractivity contribution in [1.29, 1.82) is 0 Å². The number of aldehydes is 1. The normalized spacial score (nSPS) is 16.0. The van der Waals surface area contributed by atoms with Crippen molar-refractivity contribution in [2.45, 2.75) is 18.9 Å². The minimum Gasteiger partial charge on any atom is -0.335 e. The van der Waals surface area contributed by atoms with E-state index in [-0.39, 0.29) is 12.6 Å². The molecule has 0 aromatic rings. The van der Waals surface area contributed by atoms with Gasteiger partial charge in [-0.15, -0.1) is 0 Å². The molecule has 56 valence electrons. The number of rotatable bonds is 3. The van der Waals surface area contributed by atoms with Crippen LogP contribution < -0.4 is 10.6 Å². The summed E-state index contributed by atoms with van der Waals surface area (Å²) < 4.78 is 0. The minimum atomic E-state index is -0.241. The molecule has 0 aromatic heterocycles. The predicted octanol–water partition coefficient (Wildman–Crippen LogP) is -0.353. The third kappa shape index (κ3) is 2.48. The van der Waals surface area contributed by atoms with Gasteiger partial charge in [0.25, 0.3) is 0 Å². The highest BCUT2D eigenvalue weighted by Gasteiger charge is 2.22. The molecule has 4 nitrogen and oxygen atoms in total. The van der Waals surface area contributed by atoms with Crippen LogP contribution >= 0.6 is 0 Å². The van der Waals surface area contributed by atoms with E-state index in [4.69, 9.17) is 0 Å². The molecule has 1 fully saturated rings. The second-order valence-electron chi connectivity index (χ2n) is 2.30. The Bertz CT molecular complexity index is 143. The first-order chi connectivity index (χ1) is 4.83. The molecule has 1 saturated carbocycles. The average molecular weight is 142 g/mol. The molecular weight excluding hydrogens is 132 g/mol. The Kier molecular flexibility index (Phi) is 2.25.